The fourth-order valence-electron chi connectivity index (χ4n) is 1.87. The van der Waals surface area contributed by atoms with E-state index in [1.807, 2.05) is 12.1 Å². The van der Waals surface area contributed by atoms with Crippen LogP contribution in [0, 0.1) is 0 Å². The SMILES string of the molecule is C[C@@H](NC1COCC1O)c1ccc(Br)cc1. The number of aliphatic hydroxyl groups excluding tert-OH is 1. The van der Waals surface area contributed by atoms with Crippen molar-refractivity contribution >= 4 is 15.9 Å². The van der Waals surface area contributed by atoms with Gasteiger partial charge in [0, 0.05) is 10.5 Å². The molecule has 4 heteroatoms. The number of ether oxygens (including phenoxy) is 1. The quantitative estimate of drug-likeness (QED) is 0.891. The van der Waals surface area contributed by atoms with Gasteiger partial charge in [-0.1, -0.05) is 28.1 Å². The second kappa shape index (κ2) is 5.27. The van der Waals surface area contributed by atoms with Gasteiger partial charge < -0.3 is 15.2 Å². The standard InChI is InChI=1S/C12H16BrNO2/c1-8(9-2-4-10(13)5-3-9)14-11-6-16-7-12(11)15/h2-5,8,11-12,14-15H,6-7H2,1H3/t8-,11?,12?/m1/s1. The first-order valence-electron chi connectivity index (χ1n) is 5.44. The zero-order valence-electron chi connectivity index (χ0n) is 9.19. The number of halogens is 1. The van der Waals surface area contributed by atoms with Gasteiger partial charge in [0.1, 0.15) is 0 Å². The normalized spacial score (nSPS) is 26.9. The molecule has 1 fully saturated rings. The van der Waals surface area contributed by atoms with Gasteiger partial charge in [-0.2, -0.15) is 0 Å². The number of hydrogen-bond acceptors (Lipinski definition) is 3. The Balaban J connectivity index is 1.97. The fraction of sp³-hybridized carbons (Fsp3) is 0.500. The van der Waals surface area contributed by atoms with Crippen molar-refractivity contribution in [1.29, 1.82) is 0 Å². The van der Waals surface area contributed by atoms with Crippen LogP contribution in [-0.2, 0) is 4.74 Å². The van der Waals surface area contributed by atoms with Crippen molar-refractivity contribution in [2.45, 2.75) is 25.1 Å². The number of rotatable bonds is 3. The van der Waals surface area contributed by atoms with Crippen LogP contribution in [0.25, 0.3) is 0 Å². The van der Waals surface area contributed by atoms with Crippen molar-refractivity contribution in [3.8, 4) is 0 Å². The van der Waals surface area contributed by atoms with E-state index in [1.165, 1.54) is 5.56 Å². The summed E-state index contributed by atoms with van der Waals surface area (Å²) in [4.78, 5) is 0. The Hall–Kier alpha value is -0.420. The van der Waals surface area contributed by atoms with Gasteiger partial charge in [0.15, 0.2) is 0 Å². The lowest BCUT2D eigenvalue weighted by atomic mass is 10.1. The van der Waals surface area contributed by atoms with Gasteiger partial charge in [-0.3, -0.25) is 0 Å². The van der Waals surface area contributed by atoms with E-state index < -0.39 is 6.10 Å². The lowest BCUT2D eigenvalue weighted by Crippen LogP contribution is -2.40. The predicted molar refractivity (Wildman–Crippen MR) is 66.3 cm³/mol. The molecular formula is C12H16BrNO2. The highest BCUT2D eigenvalue weighted by Crippen LogP contribution is 2.18. The molecule has 0 saturated carbocycles. The monoisotopic (exact) mass is 285 g/mol. The summed E-state index contributed by atoms with van der Waals surface area (Å²) >= 11 is 3.41. The Kier molecular flexibility index (Phi) is 3.97. The van der Waals surface area contributed by atoms with E-state index in [-0.39, 0.29) is 12.1 Å². The molecule has 2 N–H and O–H groups in total. The number of benzene rings is 1. The van der Waals surface area contributed by atoms with Gasteiger partial charge in [-0.05, 0) is 24.6 Å². The zero-order valence-corrected chi connectivity index (χ0v) is 10.8. The molecule has 1 aromatic rings. The topological polar surface area (TPSA) is 41.5 Å². The van der Waals surface area contributed by atoms with Crippen LogP contribution in [0.15, 0.2) is 28.7 Å². The first kappa shape index (κ1) is 12.0. The molecule has 2 rings (SSSR count). The molecule has 0 aliphatic carbocycles. The number of hydrogen-bond donors (Lipinski definition) is 2. The van der Waals surface area contributed by atoms with Gasteiger partial charge in [0.05, 0.1) is 25.4 Å². The number of aliphatic hydroxyl groups is 1. The van der Waals surface area contributed by atoms with Crippen molar-refractivity contribution in [3.63, 3.8) is 0 Å². The summed E-state index contributed by atoms with van der Waals surface area (Å²) in [6.45, 7) is 3.11. The molecule has 1 aliphatic heterocycles. The van der Waals surface area contributed by atoms with E-state index in [0.29, 0.717) is 13.2 Å². The van der Waals surface area contributed by atoms with Crippen LogP contribution in [0.5, 0.6) is 0 Å². The van der Waals surface area contributed by atoms with Crippen molar-refractivity contribution < 1.29 is 9.84 Å². The first-order chi connectivity index (χ1) is 7.66. The molecule has 3 nitrogen and oxygen atoms in total. The highest BCUT2D eigenvalue weighted by molar-refractivity contribution is 9.10. The zero-order chi connectivity index (χ0) is 11.5. The molecule has 0 radical (unpaired) electrons. The molecule has 16 heavy (non-hydrogen) atoms. The fourth-order valence-corrected chi connectivity index (χ4v) is 2.14. The highest BCUT2D eigenvalue weighted by Gasteiger charge is 2.27. The summed E-state index contributed by atoms with van der Waals surface area (Å²) in [6, 6.07) is 8.45. The minimum atomic E-state index is -0.391. The maximum atomic E-state index is 9.63. The smallest absolute Gasteiger partial charge is 0.0948 e. The lowest BCUT2D eigenvalue weighted by molar-refractivity contribution is 0.121. The molecule has 3 atom stereocenters. The maximum absolute atomic E-state index is 9.63. The summed E-state index contributed by atoms with van der Waals surface area (Å²) < 4.78 is 6.28. The van der Waals surface area contributed by atoms with E-state index in [2.05, 4.69) is 40.3 Å². The van der Waals surface area contributed by atoms with Crippen molar-refractivity contribution in [2.24, 2.45) is 0 Å². The molecule has 1 saturated heterocycles. The summed E-state index contributed by atoms with van der Waals surface area (Å²) in [5, 5.41) is 13.0. The van der Waals surface area contributed by atoms with Crippen LogP contribution in [0.4, 0.5) is 0 Å². The van der Waals surface area contributed by atoms with E-state index >= 15 is 0 Å². The lowest BCUT2D eigenvalue weighted by Gasteiger charge is -2.21. The molecular weight excluding hydrogens is 270 g/mol. The molecule has 0 spiro atoms. The maximum Gasteiger partial charge on any atom is 0.0948 e. The Morgan fingerprint density at radius 3 is 2.62 bits per heavy atom. The number of nitrogens with one attached hydrogen (secondary N) is 1. The average Bonchev–Trinajstić information content (AvgIpc) is 2.65. The molecule has 1 aliphatic rings. The van der Waals surface area contributed by atoms with Gasteiger partial charge in [0.2, 0.25) is 0 Å². The van der Waals surface area contributed by atoms with E-state index in [9.17, 15) is 5.11 Å². The van der Waals surface area contributed by atoms with Gasteiger partial charge in [-0.25, -0.2) is 0 Å². The van der Waals surface area contributed by atoms with E-state index in [4.69, 9.17) is 4.74 Å². The van der Waals surface area contributed by atoms with E-state index in [0.717, 1.165) is 4.47 Å². The third kappa shape index (κ3) is 2.83. The molecule has 0 amide bonds. The molecule has 88 valence electrons. The predicted octanol–water partition coefficient (Wildman–Crippen LogP) is 1.86. The summed E-state index contributed by atoms with van der Waals surface area (Å²) in [5.41, 5.74) is 1.21. The summed E-state index contributed by atoms with van der Waals surface area (Å²) in [6.07, 6.45) is -0.391. The van der Waals surface area contributed by atoms with Crippen LogP contribution < -0.4 is 5.32 Å². The molecule has 0 bridgehead atoms. The van der Waals surface area contributed by atoms with E-state index in [1.54, 1.807) is 0 Å². The second-order valence-electron chi connectivity index (χ2n) is 4.15. The first-order valence-corrected chi connectivity index (χ1v) is 6.23. The highest BCUT2D eigenvalue weighted by atomic mass is 79.9. The third-order valence-corrected chi connectivity index (χ3v) is 3.41. The van der Waals surface area contributed by atoms with Gasteiger partial charge in [0.25, 0.3) is 0 Å². The van der Waals surface area contributed by atoms with Crippen LogP contribution in [0.1, 0.15) is 18.5 Å². The Labute approximate surface area is 104 Å². The minimum absolute atomic E-state index is 0.0404. The molecule has 1 heterocycles. The van der Waals surface area contributed by atoms with Crippen molar-refractivity contribution in [1.82, 2.24) is 5.32 Å². The second-order valence-corrected chi connectivity index (χ2v) is 5.07. The Bertz CT molecular complexity index is 341. The largest absolute Gasteiger partial charge is 0.389 e. The van der Waals surface area contributed by atoms with Crippen molar-refractivity contribution in [3.05, 3.63) is 34.3 Å². The third-order valence-electron chi connectivity index (χ3n) is 2.88. The Morgan fingerprint density at radius 1 is 1.38 bits per heavy atom. The van der Waals surface area contributed by atoms with Crippen LogP contribution in [0.3, 0.4) is 0 Å². The minimum Gasteiger partial charge on any atom is -0.389 e. The summed E-state index contributed by atoms with van der Waals surface area (Å²) in [5.74, 6) is 0. The molecule has 1 aromatic carbocycles. The van der Waals surface area contributed by atoms with Gasteiger partial charge in [-0.15, -0.1) is 0 Å². The molecule has 2 unspecified atom stereocenters. The Morgan fingerprint density at radius 2 is 2.06 bits per heavy atom. The van der Waals surface area contributed by atoms with Crippen LogP contribution >= 0.6 is 15.9 Å². The van der Waals surface area contributed by atoms with Crippen molar-refractivity contribution in [2.75, 3.05) is 13.2 Å². The average molecular weight is 286 g/mol. The molecule has 0 aromatic heterocycles. The van der Waals surface area contributed by atoms with Crippen LogP contribution in [-0.4, -0.2) is 30.5 Å². The van der Waals surface area contributed by atoms with Crippen LogP contribution in [0.2, 0.25) is 0 Å². The summed E-state index contributed by atoms with van der Waals surface area (Å²) in [7, 11) is 0. The van der Waals surface area contributed by atoms with Gasteiger partial charge >= 0.3 is 0 Å².